The van der Waals surface area contributed by atoms with E-state index in [-0.39, 0.29) is 4.90 Å². The van der Waals surface area contributed by atoms with Crippen molar-refractivity contribution in [1.82, 2.24) is 4.72 Å². The van der Waals surface area contributed by atoms with Gasteiger partial charge in [-0.25, -0.2) is 12.8 Å². The minimum Gasteiger partial charge on any atom is -0.497 e. The maximum Gasteiger partial charge on any atom is 0.241 e. The highest BCUT2D eigenvalue weighted by Gasteiger charge is 2.23. The van der Waals surface area contributed by atoms with Crippen molar-refractivity contribution in [2.45, 2.75) is 10.9 Å². The van der Waals surface area contributed by atoms with E-state index < -0.39 is 21.9 Å². The first-order chi connectivity index (χ1) is 12.5. The first-order valence-corrected chi connectivity index (χ1v) is 9.45. The number of ether oxygens (including phenoxy) is 1. The second-order valence-electron chi connectivity index (χ2n) is 5.70. The maximum absolute atomic E-state index is 13.5. The van der Waals surface area contributed by atoms with Gasteiger partial charge in [-0.2, -0.15) is 4.72 Å². The van der Waals surface area contributed by atoms with Crippen molar-refractivity contribution in [3.8, 4) is 5.75 Å². The fourth-order valence-corrected chi connectivity index (χ4v) is 3.87. The zero-order valence-corrected chi connectivity index (χ0v) is 14.9. The van der Waals surface area contributed by atoms with Gasteiger partial charge in [0.05, 0.1) is 18.0 Å². The molecule has 3 rings (SSSR count). The summed E-state index contributed by atoms with van der Waals surface area (Å²) in [6.07, 6.45) is 0. The fraction of sp³-hybridized carbons (Fsp3) is 0.100. The Hall–Kier alpha value is -2.70. The van der Waals surface area contributed by atoms with Gasteiger partial charge >= 0.3 is 0 Å². The monoisotopic (exact) mass is 371 g/mol. The zero-order valence-electron chi connectivity index (χ0n) is 14.1. The molecule has 0 saturated carbocycles. The van der Waals surface area contributed by atoms with Gasteiger partial charge in [-0.05, 0) is 41.5 Å². The molecule has 0 fully saturated rings. The van der Waals surface area contributed by atoms with E-state index >= 15 is 0 Å². The number of hydrogen-bond donors (Lipinski definition) is 1. The molecular formula is C20H18FNO3S. The van der Waals surface area contributed by atoms with Gasteiger partial charge in [0.15, 0.2) is 0 Å². The molecule has 1 atom stereocenters. The van der Waals surface area contributed by atoms with Crippen molar-refractivity contribution in [1.29, 1.82) is 0 Å². The van der Waals surface area contributed by atoms with Crippen LogP contribution in [0.4, 0.5) is 4.39 Å². The predicted octanol–water partition coefficient (Wildman–Crippen LogP) is 3.90. The van der Waals surface area contributed by atoms with E-state index in [0.29, 0.717) is 5.75 Å². The van der Waals surface area contributed by atoms with E-state index in [2.05, 4.69) is 4.72 Å². The lowest BCUT2D eigenvalue weighted by Crippen LogP contribution is -2.29. The molecule has 3 aromatic rings. The average molecular weight is 371 g/mol. The van der Waals surface area contributed by atoms with E-state index in [1.165, 1.54) is 18.2 Å². The molecule has 6 heteroatoms. The second kappa shape index (κ2) is 7.68. The van der Waals surface area contributed by atoms with E-state index in [1.807, 2.05) is 30.3 Å². The molecule has 0 saturated heterocycles. The van der Waals surface area contributed by atoms with Crippen molar-refractivity contribution >= 4 is 10.0 Å². The van der Waals surface area contributed by atoms with Gasteiger partial charge in [-0.1, -0.05) is 48.5 Å². The maximum atomic E-state index is 13.5. The zero-order chi connectivity index (χ0) is 18.6. The fourth-order valence-electron chi connectivity index (χ4n) is 2.63. The van der Waals surface area contributed by atoms with E-state index in [9.17, 15) is 12.8 Å². The summed E-state index contributed by atoms with van der Waals surface area (Å²) < 4.78 is 46.8. The summed E-state index contributed by atoms with van der Waals surface area (Å²) in [6.45, 7) is 0. The number of methoxy groups -OCH3 is 1. The molecule has 0 heterocycles. The van der Waals surface area contributed by atoms with Crippen molar-refractivity contribution in [3.63, 3.8) is 0 Å². The largest absolute Gasteiger partial charge is 0.497 e. The topological polar surface area (TPSA) is 55.4 Å². The molecule has 1 N–H and O–H groups in total. The Morgan fingerprint density at radius 1 is 0.885 bits per heavy atom. The number of hydrogen-bond acceptors (Lipinski definition) is 3. The molecule has 0 spiro atoms. The highest BCUT2D eigenvalue weighted by molar-refractivity contribution is 7.89. The minimum atomic E-state index is -3.92. The highest BCUT2D eigenvalue weighted by atomic mass is 32.2. The predicted molar refractivity (Wildman–Crippen MR) is 98.0 cm³/mol. The average Bonchev–Trinajstić information content (AvgIpc) is 2.67. The third kappa shape index (κ3) is 4.09. The van der Waals surface area contributed by atoms with Gasteiger partial charge in [0.1, 0.15) is 11.6 Å². The van der Waals surface area contributed by atoms with Crippen LogP contribution in [0.2, 0.25) is 0 Å². The van der Waals surface area contributed by atoms with Crippen LogP contribution < -0.4 is 9.46 Å². The van der Waals surface area contributed by atoms with Crippen LogP contribution in [-0.2, 0) is 10.0 Å². The van der Waals surface area contributed by atoms with Gasteiger partial charge < -0.3 is 4.74 Å². The Morgan fingerprint density at radius 3 is 2.15 bits per heavy atom. The molecule has 0 bridgehead atoms. The SMILES string of the molecule is COc1ccc([C@H](NS(=O)(=O)c2cccc(F)c2)c2ccccc2)cc1. The molecule has 4 nitrogen and oxygen atoms in total. The summed E-state index contributed by atoms with van der Waals surface area (Å²) in [5.74, 6) is 0.0714. The van der Waals surface area contributed by atoms with Crippen LogP contribution in [0.5, 0.6) is 5.75 Å². The number of nitrogens with one attached hydrogen (secondary N) is 1. The summed E-state index contributed by atoms with van der Waals surface area (Å²) in [5, 5.41) is 0. The summed E-state index contributed by atoms with van der Waals surface area (Å²) in [4.78, 5) is -0.119. The number of sulfonamides is 1. The lowest BCUT2D eigenvalue weighted by molar-refractivity contribution is 0.414. The van der Waals surface area contributed by atoms with Crippen LogP contribution in [0.25, 0.3) is 0 Å². The molecule has 0 aliphatic rings. The molecule has 26 heavy (non-hydrogen) atoms. The van der Waals surface area contributed by atoms with Crippen molar-refractivity contribution in [3.05, 3.63) is 95.8 Å². The lowest BCUT2D eigenvalue weighted by Gasteiger charge is -2.20. The van der Waals surface area contributed by atoms with Crippen molar-refractivity contribution in [2.24, 2.45) is 0 Å². The Bertz CT molecular complexity index is 973. The standard InChI is InChI=1S/C20H18FNO3S/c1-25-18-12-10-16(11-13-18)20(15-6-3-2-4-7-15)22-26(23,24)19-9-5-8-17(21)14-19/h2-14,20,22H,1H3/t20-/m1/s1. The van der Waals surface area contributed by atoms with Crippen molar-refractivity contribution < 1.29 is 17.5 Å². The normalized spacial score (nSPS) is 12.5. The van der Waals surface area contributed by atoms with Crippen LogP contribution in [-0.4, -0.2) is 15.5 Å². The van der Waals surface area contributed by atoms with Gasteiger partial charge in [0.25, 0.3) is 0 Å². The van der Waals surface area contributed by atoms with E-state index in [1.54, 1.807) is 31.4 Å². The second-order valence-corrected chi connectivity index (χ2v) is 7.41. The third-order valence-electron chi connectivity index (χ3n) is 3.96. The number of rotatable bonds is 6. The number of halogens is 1. The molecule has 0 amide bonds. The molecule has 0 aliphatic heterocycles. The molecule has 0 unspecified atom stereocenters. The Labute approximate surface area is 152 Å². The molecular weight excluding hydrogens is 353 g/mol. The molecule has 134 valence electrons. The first-order valence-electron chi connectivity index (χ1n) is 7.96. The quantitative estimate of drug-likeness (QED) is 0.715. The third-order valence-corrected chi connectivity index (χ3v) is 5.38. The van der Waals surface area contributed by atoms with Crippen LogP contribution in [0.3, 0.4) is 0 Å². The molecule has 0 aromatic heterocycles. The van der Waals surface area contributed by atoms with E-state index in [4.69, 9.17) is 4.74 Å². The summed E-state index contributed by atoms with van der Waals surface area (Å²) in [5.41, 5.74) is 1.52. The van der Waals surface area contributed by atoms with Gasteiger partial charge in [0.2, 0.25) is 10.0 Å². The van der Waals surface area contributed by atoms with Crippen LogP contribution in [0, 0.1) is 5.82 Å². The number of benzene rings is 3. The lowest BCUT2D eigenvalue weighted by atomic mass is 10.00. The van der Waals surface area contributed by atoms with Crippen LogP contribution in [0.15, 0.2) is 83.8 Å². The smallest absolute Gasteiger partial charge is 0.241 e. The van der Waals surface area contributed by atoms with Crippen LogP contribution in [0.1, 0.15) is 17.2 Å². The van der Waals surface area contributed by atoms with Gasteiger partial charge in [-0.15, -0.1) is 0 Å². The minimum absolute atomic E-state index is 0.119. The van der Waals surface area contributed by atoms with Crippen LogP contribution >= 0.6 is 0 Å². The molecule has 3 aromatic carbocycles. The van der Waals surface area contributed by atoms with Gasteiger partial charge in [-0.3, -0.25) is 0 Å². The Balaban J connectivity index is 2.01. The Morgan fingerprint density at radius 2 is 1.54 bits per heavy atom. The summed E-state index contributed by atoms with van der Waals surface area (Å²) in [6, 6.07) is 20.6. The summed E-state index contributed by atoms with van der Waals surface area (Å²) in [7, 11) is -2.35. The van der Waals surface area contributed by atoms with Crippen molar-refractivity contribution in [2.75, 3.05) is 7.11 Å². The molecule has 0 radical (unpaired) electrons. The van der Waals surface area contributed by atoms with E-state index in [0.717, 1.165) is 17.2 Å². The van der Waals surface area contributed by atoms with Gasteiger partial charge in [0, 0.05) is 0 Å². The molecule has 0 aliphatic carbocycles. The first kappa shape index (κ1) is 18.1. The summed E-state index contributed by atoms with van der Waals surface area (Å²) >= 11 is 0. The Kier molecular flexibility index (Phi) is 5.35. The highest BCUT2D eigenvalue weighted by Crippen LogP contribution is 2.26.